The maximum atomic E-state index is 13.5. The van der Waals surface area contributed by atoms with Gasteiger partial charge in [0.2, 0.25) is 5.95 Å². The van der Waals surface area contributed by atoms with Crippen molar-refractivity contribution in [2.45, 2.75) is 39.2 Å². The predicted molar refractivity (Wildman–Crippen MR) is 78.4 cm³/mol. The molecule has 2 aromatic rings. The van der Waals surface area contributed by atoms with Crippen molar-refractivity contribution in [1.29, 1.82) is 0 Å². The van der Waals surface area contributed by atoms with Crippen molar-refractivity contribution < 1.29 is 4.39 Å². The Hall–Kier alpha value is -1.10. The first-order chi connectivity index (χ1) is 9.04. The van der Waals surface area contributed by atoms with E-state index in [-0.39, 0.29) is 5.82 Å². The third kappa shape index (κ3) is 2.04. The lowest BCUT2D eigenvalue weighted by atomic mass is 9.67. The lowest BCUT2D eigenvalue weighted by Gasteiger charge is -2.41. The van der Waals surface area contributed by atoms with Crippen LogP contribution in [0.5, 0.6) is 0 Å². The maximum absolute atomic E-state index is 13.5. The second-order valence-corrected chi connectivity index (χ2v) is 6.37. The number of imidazole rings is 1. The molecule has 0 spiro atoms. The summed E-state index contributed by atoms with van der Waals surface area (Å²) in [5.41, 5.74) is 7.89. The minimum atomic E-state index is -0.300. The molecule has 0 radical (unpaired) electrons. The van der Waals surface area contributed by atoms with Gasteiger partial charge in [0.25, 0.3) is 0 Å². The first-order valence-electron chi connectivity index (χ1n) is 6.65. The van der Waals surface area contributed by atoms with Crippen LogP contribution in [0.2, 0.25) is 0 Å². The molecular weight excluding hydrogens is 309 g/mol. The van der Waals surface area contributed by atoms with Gasteiger partial charge >= 0.3 is 0 Å². The molecular formula is C14H17BrFN3. The Labute approximate surface area is 120 Å². The molecule has 1 aromatic carbocycles. The fourth-order valence-electron chi connectivity index (χ4n) is 2.94. The third-order valence-electron chi connectivity index (χ3n) is 4.48. The lowest BCUT2D eigenvalue weighted by Crippen LogP contribution is -2.33. The van der Waals surface area contributed by atoms with E-state index in [0.29, 0.717) is 21.4 Å². The van der Waals surface area contributed by atoms with Crippen LogP contribution in [-0.2, 0) is 6.54 Å². The molecule has 1 aromatic heterocycles. The Morgan fingerprint density at radius 2 is 2.21 bits per heavy atom. The number of anilines is 1. The first kappa shape index (κ1) is 12.9. The van der Waals surface area contributed by atoms with E-state index in [2.05, 4.69) is 27.8 Å². The van der Waals surface area contributed by atoms with Crippen LogP contribution in [0, 0.1) is 11.2 Å². The summed E-state index contributed by atoms with van der Waals surface area (Å²) < 4.78 is 16.0. The maximum Gasteiger partial charge on any atom is 0.201 e. The quantitative estimate of drug-likeness (QED) is 0.923. The topological polar surface area (TPSA) is 43.8 Å². The highest BCUT2D eigenvalue weighted by molar-refractivity contribution is 9.10. The van der Waals surface area contributed by atoms with Crippen LogP contribution in [0.4, 0.5) is 10.3 Å². The summed E-state index contributed by atoms with van der Waals surface area (Å²) in [6.07, 6.45) is 4.92. The van der Waals surface area contributed by atoms with Crippen molar-refractivity contribution in [3.63, 3.8) is 0 Å². The van der Waals surface area contributed by atoms with Gasteiger partial charge in [0.1, 0.15) is 5.82 Å². The van der Waals surface area contributed by atoms with E-state index in [4.69, 9.17) is 5.73 Å². The molecule has 2 N–H and O–H groups in total. The van der Waals surface area contributed by atoms with Crippen molar-refractivity contribution in [2.75, 3.05) is 5.73 Å². The van der Waals surface area contributed by atoms with Gasteiger partial charge in [-0.1, -0.05) is 13.3 Å². The molecule has 0 aliphatic heterocycles. The van der Waals surface area contributed by atoms with E-state index < -0.39 is 0 Å². The van der Waals surface area contributed by atoms with Crippen LogP contribution in [0.15, 0.2) is 16.6 Å². The molecule has 3 rings (SSSR count). The fourth-order valence-corrected chi connectivity index (χ4v) is 3.27. The van der Waals surface area contributed by atoms with Gasteiger partial charge in [-0.2, -0.15) is 0 Å². The molecule has 3 nitrogen and oxygen atoms in total. The van der Waals surface area contributed by atoms with Crippen LogP contribution < -0.4 is 5.73 Å². The highest BCUT2D eigenvalue weighted by Crippen LogP contribution is 2.46. The van der Waals surface area contributed by atoms with Gasteiger partial charge in [0.15, 0.2) is 0 Å². The van der Waals surface area contributed by atoms with Crippen LogP contribution in [-0.4, -0.2) is 9.55 Å². The lowest BCUT2D eigenvalue weighted by molar-refractivity contribution is 0.103. The molecule has 1 heterocycles. The Morgan fingerprint density at radius 1 is 1.47 bits per heavy atom. The normalized spacial score (nSPS) is 17.6. The Balaban J connectivity index is 2.07. The molecule has 102 valence electrons. The number of halogens is 2. The third-order valence-corrected chi connectivity index (χ3v) is 5.09. The molecule has 1 fully saturated rings. The number of fused-ring (bicyclic) bond motifs is 1. The fraction of sp³-hybridized carbons (Fsp3) is 0.500. The Bertz CT molecular complexity index is 626. The molecule has 1 saturated carbocycles. The van der Waals surface area contributed by atoms with E-state index in [0.717, 1.165) is 18.5 Å². The molecule has 0 bridgehead atoms. The van der Waals surface area contributed by atoms with Gasteiger partial charge in [0, 0.05) is 12.6 Å². The average molecular weight is 326 g/mol. The first-order valence-corrected chi connectivity index (χ1v) is 7.45. The predicted octanol–water partition coefficient (Wildman–Crippen LogP) is 4.10. The zero-order chi connectivity index (χ0) is 13.6. The highest BCUT2D eigenvalue weighted by Gasteiger charge is 2.36. The molecule has 1 aliphatic rings. The van der Waals surface area contributed by atoms with Crippen LogP contribution in [0.1, 0.15) is 32.6 Å². The number of rotatable bonds is 3. The number of hydrogen-bond donors (Lipinski definition) is 1. The number of nitrogen functional groups attached to an aromatic ring is 1. The largest absolute Gasteiger partial charge is 0.369 e. The second-order valence-electron chi connectivity index (χ2n) is 5.52. The minimum Gasteiger partial charge on any atom is -0.369 e. The summed E-state index contributed by atoms with van der Waals surface area (Å²) in [4.78, 5) is 4.27. The summed E-state index contributed by atoms with van der Waals surface area (Å²) in [5, 5.41) is 0. The zero-order valence-corrected chi connectivity index (χ0v) is 12.5. The van der Waals surface area contributed by atoms with Crippen LogP contribution >= 0.6 is 15.9 Å². The SMILES string of the molecule is CCC1(Cn2c(N)nc3cc(F)c(Br)cc32)CCC1. The van der Waals surface area contributed by atoms with E-state index in [9.17, 15) is 4.39 Å². The van der Waals surface area contributed by atoms with Gasteiger partial charge in [0.05, 0.1) is 15.5 Å². The smallest absolute Gasteiger partial charge is 0.201 e. The number of benzene rings is 1. The van der Waals surface area contributed by atoms with Crippen LogP contribution in [0.3, 0.4) is 0 Å². The second kappa shape index (κ2) is 4.47. The molecule has 0 saturated heterocycles. The van der Waals surface area contributed by atoms with Crippen molar-refractivity contribution in [3.05, 3.63) is 22.4 Å². The van der Waals surface area contributed by atoms with Crippen molar-refractivity contribution >= 4 is 32.9 Å². The zero-order valence-electron chi connectivity index (χ0n) is 10.9. The molecule has 1 aliphatic carbocycles. The number of nitrogens with two attached hydrogens (primary N) is 1. The Morgan fingerprint density at radius 3 is 2.79 bits per heavy atom. The van der Waals surface area contributed by atoms with Gasteiger partial charge in [-0.15, -0.1) is 0 Å². The van der Waals surface area contributed by atoms with Crippen molar-refractivity contribution in [1.82, 2.24) is 9.55 Å². The van der Waals surface area contributed by atoms with Crippen molar-refractivity contribution in [2.24, 2.45) is 5.41 Å². The molecule has 0 amide bonds. The van der Waals surface area contributed by atoms with Crippen LogP contribution in [0.25, 0.3) is 11.0 Å². The molecule has 5 heteroatoms. The summed E-state index contributed by atoms with van der Waals surface area (Å²) >= 11 is 3.23. The van der Waals surface area contributed by atoms with Gasteiger partial charge in [-0.05, 0) is 46.7 Å². The molecule has 0 atom stereocenters. The summed E-state index contributed by atoms with van der Waals surface area (Å²) in [5.74, 6) is 0.179. The number of hydrogen-bond acceptors (Lipinski definition) is 2. The standard InChI is InChI=1S/C14H17BrFN3/c1-2-14(4-3-5-14)8-19-12-6-9(15)10(16)7-11(12)18-13(19)17/h6-7H,2-5,8H2,1H3,(H2,17,18). The Kier molecular flexibility index (Phi) is 3.04. The summed E-state index contributed by atoms with van der Waals surface area (Å²) in [6.45, 7) is 3.11. The monoisotopic (exact) mass is 325 g/mol. The van der Waals surface area contributed by atoms with E-state index in [1.54, 1.807) is 6.07 Å². The van der Waals surface area contributed by atoms with E-state index >= 15 is 0 Å². The van der Waals surface area contributed by atoms with Gasteiger partial charge in [-0.3, -0.25) is 0 Å². The summed E-state index contributed by atoms with van der Waals surface area (Å²) in [6, 6.07) is 3.21. The van der Waals surface area contributed by atoms with Crippen molar-refractivity contribution in [3.8, 4) is 0 Å². The molecule has 19 heavy (non-hydrogen) atoms. The minimum absolute atomic E-state index is 0.300. The highest BCUT2D eigenvalue weighted by atomic mass is 79.9. The van der Waals surface area contributed by atoms with E-state index in [1.807, 2.05) is 4.57 Å². The van der Waals surface area contributed by atoms with Gasteiger partial charge in [-0.25, -0.2) is 9.37 Å². The average Bonchev–Trinajstić information content (AvgIpc) is 2.61. The molecule has 0 unspecified atom stereocenters. The number of nitrogens with zero attached hydrogens (tertiary/aromatic N) is 2. The van der Waals surface area contributed by atoms with E-state index in [1.165, 1.54) is 25.3 Å². The summed E-state index contributed by atoms with van der Waals surface area (Å²) in [7, 11) is 0. The van der Waals surface area contributed by atoms with Gasteiger partial charge < -0.3 is 10.3 Å². The number of aromatic nitrogens is 2.